The highest BCUT2D eigenvalue weighted by atomic mass is 14.4. The average Bonchev–Trinajstić information content (AvgIpc) is 3.42. The van der Waals surface area contributed by atoms with Crippen LogP contribution in [0, 0.1) is 6.92 Å². The monoisotopic (exact) mass is 576 g/mol. The van der Waals surface area contributed by atoms with Gasteiger partial charge in [-0.05, 0) is 107 Å². The van der Waals surface area contributed by atoms with E-state index in [4.69, 9.17) is 0 Å². The fourth-order valence-corrected chi connectivity index (χ4v) is 8.65. The number of benzene rings is 7. The van der Waals surface area contributed by atoms with E-state index in [0.717, 1.165) is 0 Å². The normalized spacial score (nSPS) is 15.1. The second-order valence-electron chi connectivity index (χ2n) is 14.2. The van der Waals surface area contributed by atoms with Crippen molar-refractivity contribution >= 4 is 21.5 Å². The van der Waals surface area contributed by atoms with Gasteiger partial charge in [0.15, 0.2) is 0 Å². The zero-order valence-corrected chi connectivity index (χ0v) is 26.6. The topological polar surface area (TPSA) is 0 Å². The zero-order valence-electron chi connectivity index (χ0n) is 26.6. The van der Waals surface area contributed by atoms with Crippen molar-refractivity contribution in [1.29, 1.82) is 0 Å². The molecule has 0 N–H and O–H groups in total. The molecule has 216 valence electrons. The predicted octanol–water partition coefficient (Wildman–Crippen LogP) is 12.2. The van der Waals surface area contributed by atoms with Crippen LogP contribution < -0.4 is 0 Å². The molecule has 0 spiro atoms. The summed E-state index contributed by atoms with van der Waals surface area (Å²) < 4.78 is 0. The summed E-state index contributed by atoms with van der Waals surface area (Å²) in [6.07, 6.45) is 0. The van der Waals surface area contributed by atoms with Crippen LogP contribution in [-0.2, 0) is 10.8 Å². The van der Waals surface area contributed by atoms with Gasteiger partial charge in [0.2, 0.25) is 0 Å². The maximum Gasteiger partial charge on any atom is 0.0159 e. The number of hydrogen-bond acceptors (Lipinski definition) is 0. The van der Waals surface area contributed by atoms with Crippen LogP contribution in [0.2, 0.25) is 0 Å². The molecule has 0 radical (unpaired) electrons. The summed E-state index contributed by atoms with van der Waals surface area (Å²) in [5.74, 6) is 0. The first-order chi connectivity index (χ1) is 21.7. The van der Waals surface area contributed by atoms with Gasteiger partial charge in [-0.1, -0.05) is 149 Å². The van der Waals surface area contributed by atoms with E-state index in [0.29, 0.717) is 0 Å². The molecule has 2 aliphatic rings. The van der Waals surface area contributed by atoms with Crippen molar-refractivity contribution in [3.05, 3.63) is 155 Å². The summed E-state index contributed by atoms with van der Waals surface area (Å²) in [6.45, 7) is 11.7. The van der Waals surface area contributed by atoms with E-state index < -0.39 is 0 Å². The molecule has 0 saturated carbocycles. The van der Waals surface area contributed by atoms with E-state index >= 15 is 0 Å². The lowest BCUT2D eigenvalue weighted by molar-refractivity contribution is 0.660. The van der Waals surface area contributed by atoms with E-state index in [1.807, 2.05) is 0 Å². The molecule has 0 heteroatoms. The number of fused-ring (bicyclic) bond motifs is 8. The number of rotatable bonds is 2. The third-order valence-electron chi connectivity index (χ3n) is 10.9. The van der Waals surface area contributed by atoms with Gasteiger partial charge in [0, 0.05) is 10.8 Å². The van der Waals surface area contributed by atoms with Crippen LogP contribution in [0.25, 0.3) is 66.1 Å². The largest absolute Gasteiger partial charge is 0.0619 e. The molecule has 45 heavy (non-hydrogen) atoms. The Morgan fingerprint density at radius 3 is 1.56 bits per heavy atom. The number of hydrogen-bond donors (Lipinski definition) is 0. The lowest BCUT2D eigenvalue weighted by atomic mass is 9.80. The molecule has 7 aromatic rings. The molecule has 2 aliphatic carbocycles. The van der Waals surface area contributed by atoms with E-state index in [1.54, 1.807) is 0 Å². The minimum Gasteiger partial charge on any atom is -0.0619 e. The standard InChI is InChI=1S/C45H36/c1-27-18-21-35-37(24-27)43(28-20-23-40-36(25-28)31-13-9-11-17-39(31)44(40,2)3)34-15-7-6-14-33(34)42(35)29-19-22-32-30-12-8-10-16-38(30)45(4,5)41(32)26-29/h6-26H,1-5H3. The third-order valence-corrected chi connectivity index (χ3v) is 10.9. The van der Waals surface area contributed by atoms with Crippen molar-refractivity contribution < 1.29 is 0 Å². The smallest absolute Gasteiger partial charge is 0.0159 e. The molecule has 0 amide bonds. The van der Waals surface area contributed by atoms with Gasteiger partial charge in [0.25, 0.3) is 0 Å². The van der Waals surface area contributed by atoms with Gasteiger partial charge in [-0.25, -0.2) is 0 Å². The minimum absolute atomic E-state index is 0.00393. The fourth-order valence-electron chi connectivity index (χ4n) is 8.65. The van der Waals surface area contributed by atoms with Crippen molar-refractivity contribution in [2.75, 3.05) is 0 Å². The molecule has 9 rings (SSSR count). The van der Waals surface area contributed by atoms with Gasteiger partial charge in [-0.3, -0.25) is 0 Å². The second kappa shape index (κ2) is 9.05. The maximum absolute atomic E-state index is 2.48. The summed E-state index contributed by atoms with van der Waals surface area (Å²) in [7, 11) is 0. The van der Waals surface area contributed by atoms with Gasteiger partial charge >= 0.3 is 0 Å². The Morgan fingerprint density at radius 2 is 0.844 bits per heavy atom. The maximum atomic E-state index is 2.48. The van der Waals surface area contributed by atoms with Crippen LogP contribution in [0.4, 0.5) is 0 Å². The molecule has 0 heterocycles. The molecular weight excluding hydrogens is 540 g/mol. The number of aryl methyl sites for hydroxylation is 1. The summed E-state index contributed by atoms with van der Waals surface area (Å²) in [5.41, 5.74) is 17.6. The van der Waals surface area contributed by atoms with E-state index in [-0.39, 0.29) is 10.8 Å². The van der Waals surface area contributed by atoms with E-state index in [2.05, 4.69) is 162 Å². The predicted molar refractivity (Wildman–Crippen MR) is 192 cm³/mol. The van der Waals surface area contributed by atoms with Gasteiger partial charge in [0.1, 0.15) is 0 Å². The van der Waals surface area contributed by atoms with Crippen LogP contribution in [-0.4, -0.2) is 0 Å². The summed E-state index contributed by atoms with van der Waals surface area (Å²) in [5, 5.41) is 5.23. The van der Waals surface area contributed by atoms with Crippen molar-refractivity contribution in [2.45, 2.75) is 45.4 Å². The van der Waals surface area contributed by atoms with Crippen molar-refractivity contribution in [3.63, 3.8) is 0 Å². The first kappa shape index (κ1) is 26.5. The van der Waals surface area contributed by atoms with Gasteiger partial charge in [-0.15, -0.1) is 0 Å². The molecule has 7 aromatic carbocycles. The highest BCUT2D eigenvalue weighted by Gasteiger charge is 2.37. The Balaban J connectivity index is 1.33. The zero-order chi connectivity index (χ0) is 30.7. The fraction of sp³-hybridized carbons (Fsp3) is 0.156. The Morgan fingerprint density at radius 1 is 0.356 bits per heavy atom. The molecule has 0 aliphatic heterocycles. The van der Waals surface area contributed by atoms with Crippen molar-refractivity contribution in [1.82, 2.24) is 0 Å². The molecule has 0 aromatic heterocycles. The molecule has 0 atom stereocenters. The minimum atomic E-state index is -0.0431. The first-order valence-corrected chi connectivity index (χ1v) is 16.2. The Kier molecular flexibility index (Phi) is 5.32. The first-order valence-electron chi connectivity index (χ1n) is 16.2. The quantitative estimate of drug-likeness (QED) is 0.180. The lowest BCUT2D eigenvalue weighted by Gasteiger charge is -2.23. The third kappa shape index (κ3) is 3.54. The summed E-state index contributed by atoms with van der Waals surface area (Å²) in [4.78, 5) is 0. The van der Waals surface area contributed by atoms with Gasteiger partial charge in [-0.2, -0.15) is 0 Å². The molecule has 0 saturated heterocycles. The van der Waals surface area contributed by atoms with Crippen LogP contribution in [0.5, 0.6) is 0 Å². The Bertz CT molecular complexity index is 2380. The summed E-state index contributed by atoms with van der Waals surface area (Å²) in [6, 6.07) is 48.4. The van der Waals surface area contributed by atoms with Gasteiger partial charge < -0.3 is 0 Å². The van der Waals surface area contributed by atoms with E-state index in [1.165, 1.54) is 93.9 Å². The summed E-state index contributed by atoms with van der Waals surface area (Å²) >= 11 is 0. The van der Waals surface area contributed by atoms with Crippen LogP contribution in [0.1, 0.15) is 55.5 Å². The lowest BCUT2D eigenvalue weighted by Crippen LogP contribution is -2.14. The Labute approximate surface area is 266 Å². The van der Waals surface area contributed by atoms with Crippen LogP contribution in [0.15, 0.2) is 127 Å². The molecule has 0 bridgehead atoms. The SMILES string of the molecule is Cc1ccc2c(-c3ccc4c(c3)C(C)(C)c3ccccc3-4)c3ccccc3c(-c3ccc4c(c3)-c3ccccc3C4(C)C)c2c1. The molecule has 0 nitrogen and oxygen atoms in total. The van der Waals surface area contributed by atoms with Crippen molar-refractivity contribution in [2.24, 2.45) is 0 Å². The van der Waals surface area contributed by atoms with Crippen LogP contribution >= 0.6 is 0 Å². The van der Waals surface area contributed by atoms with E-state index in [9.17, 15) is 0 Å². The highest BCUT2D eigenvalue weighted by Crippen LogP contribution is 2.53. The molecular formula is C45H36. The second-order valence-corrected chi connectivity index (χ2v) is 14.2. The average molecular weight is 577 g/mol. The Hall–Kier alpha value is -4.94. The molecule has 0 fully saturated rings. The molecule has 0 unspecified atom stereocenters. The van der Waals surface area contributed by atoms with Gasteiger partial charge in [0.05, 0.1) is 0 Å². The van der Waals surface area contributed by atoms with Crippen molar-refractivity contribution in [3.8, 4) is 44.5 Å². The highest BCUT2D eigenvalue weighted by molar-refractivity contribution is 6.21. The van der Waals surface area contributed by atoms with Crippen LogP contribution in [0.3, 0.4) is 0 Å².